The Morgan fingerprint density at radius 1 is 0.828 bits per heavy atom. The fraction of sp³-hybridized carbons (Fsp3) is 0.143. The second-order valence-electron chi connectivity index (χ2n) is 6.86. The highest BCUT2D eigenvalue weighted by Gasteiger charge is 2.32. The maximum Gasteiger partial charge on any atom is 0.339 e. The van der Waals surface area contributed by atoms with Crippen molar-refractivity contribution >= 4 is 5.78 Å². The van der Waals surface area contributed by atoms with Gasteiger partial charge in [-0.2, -0.15) is 0 Å². The molecule has 0 radical (unpaired) electrons. The summed E-state index contributed by atoms with van der Waals surface area (Å²) in [5.74, 6) is -2.01. The van der Waals surface area contributed by atoms with Crippen LogP contribution >= 0.6 is 0 Å². The number of Topliss-reactive ketones (excluding diaryl/α,β-unsaturated/α-hetero) is 1. The van der Waals surface area contributed by atoms with Gasteiger partial charge in [-0.1, -0.05) is 6.07 Å². The van der Waals surface area contributed by atoms with Gasteiger partial charge in [-0.15, -0.1) is 0 Å². The number of benzene rings is 2. The van der Waals surface area contributed by atoms with Crippen molar-refractivity contribution in [3.63, 3.8) is 0 Å². The molecule has 0 bridgehead atoms. The third-order valence-electron chi connectivity index (χ3n) is 4.84. The molecule has 8 heteroatoms. The molecule has 1 aliphatic carbocycles. The summed E-state index contributed by atoms with van der Waals surface area (Å²) in [4.78, 5) is 24.3. The Hall–Kier alpha value is -3.78. The van der Waals surface area contributed by atoms with E-state index in [9.17, 15) is 35.1 Å². The molecule has 1 atom stereocenters. The minimum Gasteiger partial charge on any atom is -0.508 e. The highest BCUT2D eigenvalue weighted by Crippen LogP contribution is 2.45. The molecule has 8 nitrogen and oxygen atoms in total. The molecule has 1 heterocycles. The van der Waals surface area contributed by atoms with Crippen molar-refractivity contribution in [2.24, 2.45) is 0 Å². The zero-order chi connectivity index (χ0) is 20.9. The normalized spacial score (nSPS) is 15.9. The standard InChI is InChI=1S/C21H16O8/c22-10-4-13-20(18-6-11(23)7-19(28)29-18)12(8-17(27)21(13)16(26)5-10)9-1-2-14(24)15(25)3-9/h1-3,6-8,10,22-25,27H,4-5H2. The van der Waals surface area contributed by atoms with Crippen LogP contribution in [0.25, 0.3) is 22.5 Å². The Morgan fingerprint density at radius 2 is 1.59 bits per heavy atom. The van der Waals surface area contributed by atoms with Crippen molar-refractivity contribution in [2.45, 2.75) is 18.9 Å². The van der Waals surface area contributed by atoms with Gasteiger partial charge >= 0.3 is 5.63 Å². The maximum absolute atomic E-state index is 12.4. The zero-order valence-corrected chi connectivity index (χ0v) is 14.9. The first-order valence-electron chi connectivity index (χ1n) is 8.71. The number of aliphatic hydroxyl groups excluding tert-OH is 1. The van der Waals surface area contributed by atoms with Gasteiger partial charge in [-0.25, -0.2) is 4.79 Å². The highest BCUT2D eigenvalue weighted by molar-refractivity contribution is 6.05. The number of aliphatic hydroxyl groups is 1. The minimum absolute atomic E-state index is 0.00123. The Balaban J connectivity index is 2.11. The monoisotopic (exact) mass is 396 g/mol. The van der Waals surface area contributed by atoms with Crippen LogP contribution in [0.3, 0.4) is 0 Å². The molecule has 0 amide bonds. The summed E-state index contributed by atoms with van der Waals surface area (Å²) in [5.41, 5.74) is 0.249. The molecule has 29 heavy (non-hydrogen) atoms. The smallest absolute Gasteiger partial charge is 0.339 e. The van der Waals surface area contributed by atoms with E-state index in [0.29, 0.717) is 5.56 Å². The van der Waals surface area contributed by atoms with Crippen LogP contribution in [0.1, 0.15) is 22.3 Å². The Kier molecular flexibility index (Phi) is 4.28. The molecule has 5 N–H and O–H groups in total. The number of aromatic hydroxyl groups is 4. The number of ketones is 1. The number of rotatable bonds is 2. The summed E-state index contributed by atoms with van der Waals surface area (Å²) in [6, 6.07) is 7.28. The molecule has 3 aromatic rings. The van der Waals surface area contributed by atoms with Crippen LogP contribution in [0.15, 0.2) is 45.6 Å². The first-order chi connectivity index (χ1) is 13.7. The van der Waals surface area contributed by atoms with Crippen LogP contribution in [0.5, 0.6) is 23.0 Å². The average molecular weight is 396 g/mol. The summed E-state index contributed by atoms with van der Waals surface area (Å²) < 4.78 is 5.23. The maximum atomic E-state index is 12.4. The third kappa shape index (κ3) is 3.19. The van der Waals surface area contributed by atoms with Gasteiger partial charge in [-0.05, 0) is 34.9 Å². The quantitative estimate of drug-likeness (QED) is 0.414. The SMILES string of the molecule is O=C1CC(O)Cc2c1c(O)cc(-c1ccc(O)c(O)c1)c2-c1cc(O)cc(=O)o1. The highest BCUT2D eigenvalue weighted by atomic mass is 16.4. The lowest BCUT2D eigenvalue weighted by Crippen LogP contribution is -2.25. The van der Waals surface area contributed by atoms with Crippen LogP contribution in [0.2, 0.25) is 0 Å². The van der Waals surface area contributed by atoms with Crippen molar-refractivity contribution in [3.8, 4) is 45.4 Å². The fourth-order valence-electron chi connectivity index (χ4n) is 3.65. The van der Waals surface area contributed by atoms with Crippen LogP contribution in [-0.2, 0) is 6.42 Å². The summed E-state index contributed by atoms with van der Waals surface area (Å²) >= 11 is 0. The van der Waals surface area contributed by atoms with Crippen LogP contribution in [0, 0.1) is 0 Å². The lowest BCUT2D eigenvalue weighted by atomic mass is 9.81. The number of phenols is 3. The van der Waals surface area contributed by atoms with Crippen LogP contribution < -0.4 is 5.63 Å². The Labute approximate surface area is 163 Å². The number of hydrogen-bond donors (Lipinski definition) is 5. The Bertz CT molecular complexity index is 1210. The van der Waals surface area contributed by atoms with Gasteiger partial charge in [-0.3, -0.25) is 4.79 Å². The minimum atomic E-state index is -0.999. The predicted octanol–water partition coefficient (Wildman–Crippen LogP) is 2.29. The molecule has 0 saturated carbocycles. The van der Waals surface area contributed by atoms with Crippen LogP contribution in [-0.4, -0.2) is 37.4 Å². The van der Waals surface area contributed by atoms with Crippen LogP contribution in [0.4, 0.5) is 0 Å². The molecule has 4 rings (SSSR count). The summed E-state index contributed by atoms with van der Waals surface area (Å²) in [7, 11) is 0. The van der Waals surface area contributed by atoms with Crippen molar-refractivity contribution in [3.05, 3.63) is 57.9 Å². The van der Waals surface area contributed by atoms with Gasteiger partial charge in [0.2, 0.25) is 0 Å². The number of carbonyl (C=O) groups is 1. The number of carbonyl (C=O) groups excluding carboxylic acids is 1. The average Bonchev–Trinajstić information content (AvgIpc) is 2.62. The number of fused-ring (bicyclic) bond motifs is 1. The fourth-order valence-corrected chi connectivity index (χ4v) is 3.65. The van der Waals surface area contributed by atoms with Crippen molar-refractivity contribution in [1.29, 1.82) is 0 Å². The van der Waals surface area contributed by atoms with E-state index in [0.717, 1.165) is 6.07 Å². The molecule has 2 aromatic carbocycles. The summed E-state index contributed by atoms with van der Waals surface area (Å²) in [6.45, 7) is 0. The molecule has 1 aromatic heterocycles. The molecule has 148 valence electrons. The third-order valence-corrected chi connectivity index (χ3v) is 4.84. The lowest BCUT2D eigenvalue weighted by Gasteiger charge is -2.25. The first kappa shape index (κ1) is 18.6. The molecule has 1 unspecified atom stereocenters. The van der Waals surface area contributed by atoms with E-state index >= 15 is 0 Å². The van der Waals surface area contributed by atoms with Gasteiger partial charge < -0.3 is 29.9 Å². The van der Waals surface area contributed by atoms with Gasteiger partial charge in [0.1, 0.15) is 17.3 Å². The van der Waals surface area contributed by atoms with E-state index < -0.39 is 23.3 Å². The second kappa shape index (κ2) is 6.68. The Morgan fingerprint density at radius 3 is 2.28 bits per heavy atom. The summed E-state index contributed by atoms with van der Waals surface area (Å²) in [6.07, 6.45) is -1.16. The van der Waals surface area contributed by atoms with E-state index in [1.807, 2.05) is 0 Å². The number of phenolic OH excluding ortho intramolecular Hbond substituents is 3. The van der Waals surface area contributed by atoms with E-state index in [1.54, 1.807) is 0 Å². The van der Waals surface area contributed by atoms with Crippen molar-refractivity contribution < 1.29 is 34.7 Å². The van der Waals surface area contributed by atoms with E-state index in [1.165, 1.54) is 30.3 Å². The lowest BCUT2D eigenvalue weighted by molar-refractivity contribution is 0.0850. The molecule has 0 aliphatic heterocycles. The van der Waals surface area contributed by atoms with E-state index in [4.69, 9.17) is 4.42 Å². The summed E-state index contributed by atoms with van der Waals surface area (Å²) in [5, 5.41) is 50.0. The topological polar surface area (TPSA) is 148 Å². The molecule has 0 fully saturated rings. The van der Waals surface area contributed by atoms with Crippen molar-refractivity contribution in [1.82, 2.24) is 0 Å². The largest absolute Gasteiger partial charge is 0.508 e. The van der Waals surface area contributed by atoms with Crippen molar-refractivity contribution in [2.75, 3.05) is 0 Å². The number of hydrogen-bond acceptors (Lipinski definition) is 8. The predicted molar refractivity (Wildman–Crippen MR) is 101 cm³/mol. The molecular weight excluding hydrogens is 380 g/mol. The van der Waals surface area contributed by atoms with Gasteiger partial charge in [0, 0.05) is 24.5 Å². The molecule has 0 spiro atoms. The molecular formula is C21H16O8. The second-order valence-corrected chi connectivity index (χ2v) is 6.86. The van der Waals surface area contributed by atoms with Gasteiger partial charge in [0.05, 0.1) is 17.7 Å². The van der Waals surface area contributed by atoms with E-state index in [2.05, 4.69) is 0 Å². The van der Waals surface area contributed by atoms with Gasteiger partial charge in [0.15, 0.2) is 17.3 Å². The molecule has 1 aliphatic rings. The van der Waals surface area contributed by atoms with Gasteiger partial charge in [0.25, 0.3) is 0 Å². The zero-order valence-electron chi connectivity index (χ0n) is 14.9. The molecule has 0 saturated heterocycles. The first-order valence-corrected chi connectivity index (χ1v) is 8.71. The van der Waals surface area contributed by atoms with E-state index in [-0.39, 0.29) is 58.1 Å².